The van der Waals surface area contributed by atoms with Crippen molar-refractivity contribution in [2.75, 3.05) is 6.61 Å². The summed E-state index contributed by atoms with van der Waals surface area (Å²) in [5, 5.41) is 0.855. The summed E-state index contributed by atoms with van der Waals surface area (Å²) < 4.78 is 9.88. The molecular weight excluding hydrogens is 243 g/mol. The molecule has 0 saturated carbocycles. The normalized spacial score (nSPS) is 10.5. The van der Waals surface area contributed by atoms with Crippen LogP contribution >= 0.6 is 11.5 Å². The van der Waals surface area contributed by atoms with Crippen LogP contribution < -0.4 is 4.74 Å². The van der Waals surface area contributed by atoms with Gasteiger partial charge in [-0.3, -0.25) is 0 Å². The van der Waals surface area contributed by atoms with Gasteiger partial charge in [0.1, 0.15) is 10.8 Å². The topological polar surface area (TPSA) is 35.0 Å². The first-order valence-electron chi connectivity index (χ1n) is 6.09. The maximum Gasteiger partial charge on any atom is 0.172 e. The third kappa shape index (κ3) is 3.32. The van der Waals surface area contributed by atoms with Crippen molar-refractivity contribution in [1.82, 2.24) is 9.36 Å². The van der Waals surface area contributed by atoms with Crippen LogP contribution in [-0.4, -0.2) is 23.8 Å². The molecule has 3 nitrogen and oxygen atoms in total. The second kappa shape index (κ2) is 6.54. The van der Waals surface area contributed by atoms with Crippen molar-refractivity contribution in [2.45, 2.75) is 26.1 Å². The van der Waals surface area contributed by atoms with Gasteiger partial charge in [0.15, 0.2) is 5.82 Å². The molecule has 0 spiro atoms. The van der Waals surface area contributed by atoms with Crippen LogP contribution in [0.25, 0.3) is 11.4 Å². The summed E-state index contributed by atoms with van der Waals surface area (Å²) in [5.41, 5.74) is 0.994. The van der Waals surface area contributed by atoms with Gasteiger partial charge in [-0.15, -0.1) is 0 Å². The minimum absolute atomic E-state index is 0.440. The number of hydrogen-bond donors (Lipinski definition) is 0. The van der Waals surface area contributed by atoms with E-state index in [4.69, 9.17) is 12.6 Å². The van der Waals surface area contributed by atoms with Gasteiger partial charge in [0.25, 0.3) is 0 Å². The zero-order valence-electron chi connectivity index (χ0n) is 10.4. The minimum atomic E-state index is 0.440. The van der Waals surface area contributed by atoms with Crippen LogP contribution in [0.5, 0.6) is 5.75 Å². The van der Waals surface area contributed by atoms with E-state index < -0.39 is 0 Å². The fraction of sp³-hybridized carbons (Fsp3) is 0.385. The van der Waals surface area contributed by atoms with Crippen LogP contribution in [0, 0.1) is 0 Å². The van der Waals surface area contributed by atoms with Crippen molar-refractivity contribution in [3.63, 3.8) is 0 Å². The highest BCUT2D eigenvalue weighted by molar-refractivity contribution is 7.05. The smallest absolute Gasteiger partial charge is 0.172 e. The van der Waals surface area contributed by atoms with Crippen molar-refractivity contribution < 1.29 is 4.74 Å². The first-order valence-corrected chi connectivity index (χ1v) is 6.86. The summed E-state index contributed by atoms with van der Waals surface area (Å²) in [5.74, 6) is 1.63. The van der Waals surface area contributed by atoms with Crippen molar-refractivity contribution >= 4 is 19.4 Å². The van der Waals surface area contributed by atoms with Gasteiger partial charge in [0.05, 0.1) is 14.5 Å². The van der Waals surface area contributed by atoms with E-state index in [1.807, 2.05) is 24.3 Å². The molecule has 0 amide bonds. The number of rotatable bonds is 6. The Labute approximate surface area is 113 Å². The molecule has 1 aromatic heterocycles. The number of nitrogens with zero attached hydrogens (tertiary/aromatic N) is 2. The van der Waals surface area contributed by atoms with Crippen LogP contribution in [-0.2, 0) is 6.32 Å². The molecule has 0 atom stereocenters. The predicted octanol–water partition coefficient (Wildman–Crippen LogP) is 3.05. The Morgan fingerprint density at radius 1 is 1.28 bits per heavy atom. The number of unbranched alkanes of at least 4 members (excludes halogenated alkanes) is 1. The van der Waals surface area contributed by atoms with Gasteiger partial charge in [-0.1, -0.05) is 13.3 Å². The van der Waals surface area contributed by atoms with Crippen LogP contribution in [0.1, 0.15) is 24.8 Å². The Bertz CT molecular complexity index is 484. The van der Waals surface area contributed by atoms with E-state index in [1.165, 1.54) is 11.5 Å². The highest BCUT2D eigenvalue weighted by Crippen LogP contribution is 2.21. The maximum atomic E-state index is 5.61. The molecule has 1 heterocycles. The molecule has 0 aliphatic heterocycles. The summed E-state index contributed by atoms with van der Waals surface area (Å²) >= 11 is 1.35. The molecule has 5 heteroatoms. The minimum Gasteiger partial charge on any atom is -0.494 e. The van der Waals surface area contributed by atoms with Gasteiger partial charge in [-0.25, -0.2) is 4.98 Å². The highest BCUT2D eigenvalue weighted by Gasteiger charge is 2.05. The van der Waals surface area contributed by atoms with Gasteiger partial charge in [0.2, 0.25) is 0 Å². The lowest BCUT2D eigenvalue weighted by Gasteiger charge is -2.05. The SMILES string of the molecule is [B]Cc1nc(-c2ccc(OCCCC)cc2)ns1. The number of ether oxygens (including phenoxy) is 1. The lowest BCUT2D eigenvalue weighted by atomic mass is 10.1. The molecular formula is C13H15BN2OS. The largest absolute Gasteiger partial charge is 0.494 e. The van der Waals surface area contributed by atoms with E-state index in [2.05, 4.69) is 16.3 Å². The maximum absolute atomic E-state index is 5.61. The summed E-state index contributed by atoms with van der Waals surface area (Å²) in [7, 11) is 5.52. The van der Waals surface area contributed by atoms with E-state index in [-0.39, 0.29) is 0 Å². The third-order valence-electron chi connectivity index (χ3n) is 2.52. The molecule has 0 aliphatic carbocycles. The second-order valence-electron chi connectivity index (χ2n) is 3.94. The molecule has 2 rings (SSSR count). The van der Waals surface area contributed by atoms with Crippen molar-refractivity contribution in [3.8, 4) is 17.1 Å². The van der Waals surface area contributed by atoms with Crippen LogP contribution in [0.3, 0.4) is 0 Å². The quantitative estimate of drug-likeness (QED) is 0.590. The number of benzene rings is 1. The zero-order valence-corrected chi connectivity index (χ0v) is 11.2. The average Bonchev–Trinajstić information content (AvgIpc) is 2.89. The highest BCUT2D eigenvalue weighted by atomic mass is 32.1. The number of aromatic nitrogens is 2. The van der Waals surface area contributed by atoms with Crippen LogP contribution in [0.4, 0.5) is 0 Å². The molecule has 1 aromatic carbocycles. The number of hydrogen-bond acceptors (Lipinski definition) is 4. The predicted molar refractivity (Wildman–Crippen MR) is 75.2 cm³/mol. The summed E-state index contributed by atoms with van der Waals surface area (Å²) in [6.45, 7) is 2.91. The Morgan fingerprint density at radius 2 is 2.06 bits per heavy atom. The molecule has 0 N–H and O–H groups in total. The standard InChI is InChI=1S/C13H15BN2OS/c1-2-3-8-17-11-6-4-10(5-7-11)13-15-12(9-14)18-16-13/h4-7H,2-3,8-9H2,1H3. The van der Waals surface area contributed by atoms with Crippen molar-refractivity contribution in [3.05, 3.63) is 29.3 Å². The third-order valence-corrected chi connectivity index (χ3v) is 3.25. The molecule has 92 valence electrons. The van der Waals surface area contributed by atoms with Crippen LogP contribution in [0.15, 0.2) is 24.3 Å². The molecule has 2 aromatic rings. The first kappa shape index (κ1) is 13.1. The van der Waals surface area contributed by atoms with Crippen LogP contribution in [0.2, 0.25) is 0 Å². The average molecular weight is 258 g/mol. The van der Waals surface area contributed by atoms with E-state index in [1.54, 1.807) is 0 Å². The van der Waals surface area contributed by atoms with Gasteiger partial charge >= 0.3 is 0 Å². The van der Waals surface area contributed by atoms with Gasteiger partial charge in [-0.2, -0.15) is 4.37 Å². The summed E-state index contributed by atoms with van der Waals surface area (Å²) in [4.78, 5) is 4.35. The summed E-state index contributed by atoms with van der Waals surface area (Å²) in [6.07, 6.45) is 2.66. The molecule has 2 radical (unpaired) electrons. The Morgan fingerprint density at radius 3 is 2.67 bits per heavy atom. The Hall–Kier alpha value is -1.36. The molecule has 0 bridgehead atoms. The lowest BCUT2D eigenvalue weighted by Crippen LogP contribution is -1.96. The monoisotopic (exact) mass is 258 g/mol. The Balaban J connectivity index is 2.02. The molecule has 0 unspecified atom stereocenters. The van der Waals surface area contributed by atoms with E-state index in [0.717, 1.165) is 41.6 Å². The van der Waals surface area contributed by atoms with Crippen molar-refractivity contribution in [2.24, 2.45) is 0 Å². The molecule has 0 saturated heterocycles. The first-order chi connectivity index (χ1) is 8.83. The lowest BCUT2D eigenvalue weighted by molar-refractivity contribution is 0.309. The van der Waals surface area contributed by atoms with E-state index in [9.17, 15) is 0 Å². The zero-order chi connectivity index (χ0) is 12.8. The van der Waals surface area contributed by atoms with Gasteiger partial charge in [-0.05, 0) is 48.5 Å². The second-order valence-corrected chi connectivity index (χ2v) is 4.78. The Kier molecular flexibility index (Phi) is 4.76. The van der Waals surface area contributed by atoms with E-state index >= 15 is 0 Å². The molecule has 0 aliphatic rings. The molecule has 18 heavy (non-hydrogen) atoms. The van der Waals surface area contributed by atoms with E-state index in [0.29, 0.717) is 6.32 Å². The molecule has 0 fully saturated rings. The fourth-order valence-electron chi connectivity index (χ4n) is 1.49. The van der Waals surface area contributed by atoms with Gasteiger partial charge in [0, 0.05) is 5.56 Å². The van der Waals surface area contributed by atoms with Crippen molar-refractivity contribution in [1.29, 1.82) is 0 Å². The summed E-state index contributed by atoms with van der Waals surface area (Å²) in [6, 6.07) is 7.86. The van der Waals surface area contributed by atoms with Gasteiger partial charge < -0.3 is 4.74 Å². The fourth-order valence-corrected chi connectivity index (χ4v) is 2.03.